The van der Waals surface area contributed by atoms with E-state index in [4.69, 9.17) is 10.00 Å². The summed E-state index contributed by atoms with van der Waals surface area (Å²) in [5.41, 5.74) is 4.24. The third-order valence-electron chi connectivity index (χ3n) is 3.92. The van der Waals surface area contributed by atoms with Crippen molar-refractivity contribution in [3.05, 3.63) is 78.1 Å². The zero-order valence-electron chi connectivity index (χ0n) is 14.0. The van der Waals surface area contributed by atoms with Gasteiger partial charge in [-0.3, -0.25) is 0 Å². The van der Waals surface area contributed by atoms with E-state index in [1.54, 1.807) is 18.2 Å². The molecule has 0 radical (unpaired) electrons. The molecule has 3 heteroatoms. The number of hydrogen-bond donors (Lipinski definition) is 0. The lowest BCUT2D eigenvalue weighted by Gasteiger charge is -2.13. The lowest BCUT2D eigenvalue weighted by molar-refractivity contribution is 0.317. The number of rotatable bonds is 5. The normalized spacial score (nSPS) is 10.3. The largest absolute Gasteiger partial charge is 0.494 e. The first-order valence-corrected chi connectivity index (χ1v) is 8.24. The first-order valence-electron chi connectivity index (χ1n) is 8.24. The zero-order chi connectivity index (χ0) is 17.6. The van der Waals surface area contributed by atoms with Gasteiger partial charge in [0.25, 0.3) is 0 Å². The van der Waals surface area contributed by atoms with Gasteiger partial charge in [0, 0.05) is 0 Å². The van der Waals surface area contributed by atoms with Crippen LogP contribution in [0.15, 0.2) is 66.7 Å². The van der Waals surface area contributed by atoms with Crippen molar-refractivity contribution in [1.29, 1.82) is 5.26 Å². The van der Waals surface area contributed by atoms with E-state index >= 15 is 0 Å². The highest BCUT2D eigenvalue weighted by Crippen LogP contribution is 2.35. The minimum atomic E-state index is -0.269. The van der Waals surface area contributed by atoms with E-state index in [-0.39, 0.29) is 5.82 Å². The van der Waals surface area contributed by atoms with Crippen molar-refractivity contribution in [2.75, 3.05) is 6.61 Å². The number of ether oxygens (including phenoxy) is 1. The minimum Gasteiger partial charge on any atom is -0.494 e. The maximum Gasteiger partial charge on any atom is 0.123 e. The molecule has 0 amide bonds. The van der Waals surface area contributed by atoms with E-state index in [9.17, 15) is 4.39 Å². The van der Waals surface area contributed by atoms with Crippen molar-refractivity contribution in [1.82, 2.24) is 0 Å². The number of nitrogens with zero attached hydrogens (tertiary/aromatic N) is 1. The van der Waals surface area contributed by atoms with Crippen LogP contribution in [0.25, 0.3) is 22.3 Å². The van der Waals surface area contributed by atoms with Gasteiger partial charge in [-0.15, -0.1) is 0 Å². The molecule has 0 unspecified atom stereocenters. The van der Waals surface area contributed by atoms with E-state index in [0.29, 0.717) is 12.2 Å². The van der Waals surface area contributed by atoms with Gasteiger partial charge in [-0.2, -0.15) is 5.26 Å². The lowest BCUT2D eigenvalue weighted by atomic mass is 9.94. The summed E-state index contributed by atoms with van der Waals surface area (Å²) < 4.78 is 19.4. The topological polar surface area (TPSA) is 33.0 Å². The lowest BCUT2D eigenvalue weighted by Crippen LogP contribution is -1.96. The summed E-state index contributed by atoms with van der Waals surface area (Å²) in [6.07, 6.45) is 0.928. The molecule has 0 saturated heterocycles. The Labute approximate surface area is 147 Å². The van der Waals surface area contributed by atoms with Crippen LogP contribution in [-0.4, -0.2) is 6.61 Å². The monoisotopic (exact) mass is 331 g/mol. The van der Waals surface area contributed by atoms with Gasteiger partial charge in [0.05, 0.1) is 18.2 Å². The summed E-state index contributed by atoms with van der Waals surface area (Å²) in [5, 5.41) is 8.99. The molecule has 25 heavy (non-hydrogen) atoms. The molecular weight excluding hydrogens is 313 g/mol. The van der Waals surface area contributed by atoms with E-state index in [2.05, 4.69) is 13.0 Å². The molecule has 0 atom stereocenters. The van der Waals surface area contributed by atoms with Crippen molar-refractivity contribution < 1.29 is 9.13 Å². The van der Waals surface area contributed by atoms with Gasteiger partial charge in [-0.25, -0.2) is 4.39 Å². The summed E-state index contributed by atoms with van der Waals surface area (Å²) in [7, 11) is 0. The van der Waals surface area contributed by atoms with Gasteiger partial charge < -0.3 is 4.74 Å². The van der Waals surface area contributed by atoms with Gasteiger partial charge in [0.2, 0.25) is 0 Å². The Balaban J connectivity index is 2.12. The van der Waals surface area contributed by atoms with Crippen molar-refractivity contribution in [3.63, 3.8) is 0 Å². The van der Waals surface area contributed by atoms with Crippen LogP contribution in [0.2, 0.25) is 0 Å². The van der Waals surface area contributed by atoms with E-state index in [1.165, 1.54) is 12.1 Å². The maximum absolute atomic E-state index is 13.7. The van der Waals surface area contributed by atoms with Gasteiger partial charge in [-0.05, 0) is 65.1 Å². The van der Waals surface area contributed by atoms with Gasteiger partial charge in [0.1, 0.15) is 11.6 Å². The summed E-state index contributed by atoms with van der Waals surface area (Å²) >= 11 is 0. The first-order chi connectivity index (χ1) is 12.2. The first kappa shape index (κ1) is 16.7. The van der Waals surface area contributed by atoms with Crippen molar-refractivity contribution in [3.8, 4) is 34.1 Å². The van der Waals surface area contributed by atoms with Crippen molar-refractivity contribution in [2.45, 2.75) is 13.3 Å². The highest BCUT2D eigenvalue weighted by atomic mass is 19.1. The Morgan fingerprint density at radius 1 is 0.920 bits per heavy atom. The molecule has 0 spiro atoms. The highest BCUT2D eigenvalue weighted by molar-refractivity contribution is 5.84. The molecule has 3 aromatic carbocycles. The van der Waals surface area contributed by atoms with Crippen LogP contribution in [-0.2, 0) is 0 Å². The Kier molecular flexibility index (Phi) is 5.11. The molecule has 2 nitrogen and oxygen atoms in total. The average molecular weight is 331 g/mol. The van der Waals surface area contributed by atoms with E-state index in [0.717, 1.165) is 34.4 Å². The van der Waals surface area contributed by atoms with E-state index in [1.807, 2.05) is 36.4 Å². The van der Waals surface area contributed by atoms with Crippen LogP contribution in [0, 0.1) is 17.1 Å². The summed E-state index contributed by atoms with van der Waals surface area (Å²) in [4.78, 5) is 0. The zero-order valence-corrected chi connectivity index (χ0v) is 14.0. The molecule has 0 aliphatic carbocycles. The number of benzene rings is 3. The number of nitriles is 1. The summed E-state index contributed by atoms with van der Waals surface area (Å²) in [5.74, 6) is 0.510. The molecule has 3 rings (SSSR count). The fourth-order valence-electron chi connectivity index (χ4n) is 2.70. The van der Waals surface area contributed by atoms with Crippen LogP contribution in [0.4, 0.5) is 4.39 Å². The number of hydrogen-bond acceptors (Lipinski definition) is 2. The Morgan fingerprint density at radius 3 is 2.40 bits per heavy atom. The van der Waals surface area contributed by atoms with Crippen LogP contribution in [0.1, 0.15) is 18.9 Å². The third-order valence-corrected chi connectivity index (χ3v) is 3.92. The second-order valence-corrected chi connectivity index (χ2v) is 5.76. The highest BCUT2D eigenvalue weighted by Gasteiger charge is 2.10. The fourth-order valence-corrected chi connectivity index (χ4v) is 2.70. The third kappa shape index (κ3) is 3.87. The van der Waals surface area contributed by atoms with Crippen molar-refractivity contribution in [2.24, 2.45) is 0 Å². The van der Waals surface area contributed by atoms with E-state index < -0.39 is 0 Å². The second-order valence-electron chi connectivity index (χ2n) is 5.76. The van der Waals surface area contributed by atoms with Crippen LogP contribution in [0.3, 0.4) is 0 Å². The average Bonchev–Trinajstić information content (AvgIpc) is 2.66. The smallest absolute Gasteiger partial charge is 0.123 e. The molecule has 0 bridgehead atoms. The van der Waals surface area contributed by atoms with Gasteiger partial charge in [0.15, 0.2) is 0 Å². The maximum atomic E-state index is 13.7. The Morgan fingerprint density at radius 2 is 1.72 bits per heavy atom. The Bertz CT molecular complexity index is 910. The molecule has 0 heterocycles. The predicted octanol–water partition coefficient (Wildman–Crippen LogP) is 5.82. The van der Waals surface area contributed by atoms with Gasteiger partial charge >= 0.3 is 0 Å². The second kappa shape index (κ2) is 7.63. The number of halogens is 1. The van der Waals surface area contributed by atoms with Gasteiger partial charge in [-0.1, -0.05) is 37.3 Å². The molecular formula is C22H18FNO. The molecule has 124 valence electrons. The molecule has 0 aliphatic rings. The standard InChI is InChI=1S/C22H18FNO/c1-2-12-25-20-10-11-21(18-4-3-5-19(23)13-18)22(14-20)17-8-6-16(15-24)7-9-17/h3-11,13-14H,2,12H2,1H3. The van der Waals surface area contributed by atoms with Crippen LogP contribution in [0.5, 0.6) is 5.75 Å². The summed E-state index contributed by atoms with van der Waals surface area (Å²) in [6, 6.07) is 21.9. The minimum absolute atomic E-state index is 0.269. The molecule has 0 fully saturated rings. The van der Waals surface area contributed by atoms with Crippen molar-refractivity contribution >= 4 is 0 Å². The quantitative estimate of drug-likeness (QED) is 0.590. The Hall–Kier alpha value is -3.12. The molecule has 0 N–H and O–H groups in total. The molecule has 0 aromatic heterocycles. The molecule has 0 aliphatic heterocycles. The SMILES string of the molecule is CCCOc1ccc(-c2cccc(F)c2)c(-c2ccc(C#N)cc2)c1. The molecule has 3 aromatic rings. The summed E-state index contributed by atoms with van der Waals surface area (Å²) in [6.45, 7) is 2.70. The van der Waals surface area contributed by atoms with Crippen LogP contribution >= 0.6 is 0 Å². The molecule has 0 saturated carbocycles. The predicted molar refractivity (Wildman–Crippen MR) is 97.8 cm³/mol. The fraction of sp³-hybridized carbons (Fsp3) is 0.136. The van der Waals surface area contributed by atoms with Crippen LogP contribution < -0.4 is 4.74 Å².